The Kier molecular flexibility index (Phi) is 7.53. The number of aromatic hydroxyl groups is 1. The third kappa shape index (κ3) is 6.19. The molecule has 1 saturated heterocycles. The molecule has 1 N–H and O–H groups in total. The minimum absolute atomic E-state index is 0.0768. The van der Waals surface area contributed by atoms with E-state index in [9.17, 15) is 9.90 Å². The number of rotatable bonds is 7. The predicted octanol–water partition coefficient (Wildman–Crippen LogP) is 7.05. The summed E-state index contributed by atoms with van der Waals surface area (Å²) in [6.07, 6.45) is 4.80. The maximum atomic E-state index is 13.3. The summed E-state index contributed by atoms with van der Waals surface area (Å²) < 4.78 is 12.2. The molecule has 0 unspecified atom stereocenters. The number of carbonyl (C=O) groups excluding carboxylic acids is 1. The minimum atomic E-state index is -0.213. The number of hydrogen-bond acceptors (Lipinski definition) is 7. The van der Waals surface area contributed by atoms with Crippen LogP contribution in [0.5, 0.6) is 17.2 Å². The summed E-state index contributed by atoms with van der Waals surface area (Å²) in [5.41, 5.74) is 1.31. The number of phenols is 1. The first-order chi connectivity index (χ1) is 18.0. The number of ether oxygens (including phenoxy) is 1. The second-order valence-corrected chi connectivity index (χ2v) is 9.82. The molecule has 1 aromatic heterocycles. The lowest BCUT2D eigenvalue weighted by atomic mass is 10.2. The van der Waals surface area contributed by atoms with Gasteiger partial charge in [0.25, 0.3) is 5.91 Å². The monoisotopic (exact) mass is 573 g/mol. The molecule has 37 heavy (non-hydrogen) atoms. The first kappa shape index (κ1) is 24.6. The van der Waals surface area contributed by atoms with Crippen LogP contribution in [0.15, 0.2) is 115 Å². The average Bonchev–Trinajstić information content (AvgIpc) is 3.51. The number of benzene rings is 3. The number of halogens is 1. The first-order valence-corrected chi connectivity index (χ1v) is 12.8. The van der Waals surface area contributed by atoms with E-state index in [-0.39, 0.29) is 18.2 Å². The predicted molar refractivity (Wildman–Crippen MR) is 149 cm³/mol. The number of carbonyl (C=O) groups is 1. The molecular weight excluding hydrogens is 554 g/mol. The van der Waals surface area contributed by atoms with Crippen molar-refractivity contribution in [3.05, 3.63) is 117 Å². The van der Waals surface area contributed by atoms with Crippen LogP contribution in [0.25, 0.3) is 6.08 Å². The van der Waals surface area contributed by atoms with Gasteiger partial charge in [0.15, 0.2) is 5.17 Å². The molecular formula is C28H20BrN3O4S. The van der Waals surface area contributed by atoms with Crippen LogP contribution < -0.4 is 4.74 Å². The van der Waals surface area contributed by atoms with Crippen LogP contribution in [-0.2, 0) is 11.3 Å². The highest BCUT2D eigenvalue weighted by Gasteiger charge is 2.34. The maximum Gasteiger partial charge on any atom is 0.267 e. The van der Waals surface area contributed by atoms with Gasteiger partial charge in [0.05, 0.1) is 23.9 Å². The Hall–Kier alpha value is -4.08. The topological polar surface area (TPSA) is 87.6 Å². The Labute approximate surface area is 225 Å². The largest absolute Gasteiger partial charge is 0.507 e. The third-order valence-corrected chi connectivity index (χ3v) is 6.74. The molecule has 9 heteroatoms. The smallest absolute Gasteiger partial charge is 0.267 e. The van der Waals surface area contributed by atoms with Gasteiger partial charge in [-0.15, -0.1) is 5.10 Å². The van der Waals surface area contributed by atoms with Crippen LogP contribution in [0.4, 0.5) is 0 Å². The van der Waals surface area contributed by atoms with Crippen LogP contribution in [-0.4, -0.2) is 27.3 Å². The van der Waals surface area contributed by atoms with Gasteiger partial charge in [-0.3, -0.25) is 9.69 Å². The SMILES string of the molecule is O=C1/C(=C/c2cccc(Oc3ccccc3)c2)S/C(=N\N=C\c2cc(Br)ccc2O)N1Cc1ccco1. The Morgan fingerprint density at radius 3 is 2.65 bits per heavy atom. The van der Waals surface area contributed by atoms with E-state index < -0.39 is 0 Å². The fourth-order valence-electron chi connectivity index (χ4n) is 3.49. The molecule has 0 saturated carbocycles. The normalized spacial score (nSPS) is 15.8. The quantitative estimate of drug-likeness (QED) is 0.145. The third-order valence-electron chi connectivity index (χ3n) is 5.25. The van der Waals surface area contributed by atoms with Crippen molar-refractivity contribution in [2.45, 2.75) is 6.54 Å². The molecule has 0 bridgehead atoms. The van der Waals surface area contributed by atoms with Gasteiger partial charge in [0, 0.05) is 10.0 Å². The van der Waals surface area contributed by atoms with Gasteiger partial charge in [-0.2, -0.15) is 5.10 Å². The Morgan fingerprint density at radius 1 is 1.00 bits per heavy atom. The molecule has 1 amide bonds. The summed E-state index contributed by atoms with van der Waals surface area (Å²) >= 11 is 4.59. The lowest BCUT2D eigenvalue weighted by molar-refractivity contribution is -0.122. The Morgan fingerprint density at radius 2 is 1.84 bits per heavy atom. The van der Waals surface area contributed by atoms with E-state index in [4.69, 9.17) is 9.15 Å². The van der Waals surface area contributed by atoms with Gasteiger partial charge in [0.2, 0.25) is 0 Å². The zero-order valence-electron chi connectivity index (χ0n) is 19.3. The summed E-state index contributed by atoms with van der Waals surface area (Å²) in [4.78, 5) is 15.3. The fraction of sp³-hybridized carbons (Fsp3) is 0.0357. The number of hydrogen-bond donors (Lipinski definition) is 1. The average molecular weight is 574 g/mol. The summed E-state index contributed by atoms with van der Waals surface area (Å²) in [6, 6.07) is 25.6. The van der Waals surface area contributed by atoms with Crippen LogP contribution in [0, 0.1) is 0 Å². The fourth-order valence-corrected chi connectivity index (χ4v) is 4.81. The number of furan rings is 1. The van der Waals surface area contributed by atoms with Gasteiger partial charge in [-0.25, -0.2) is 0 Å². The van der Waals surface area contributed by atoms with Gasteiger partial charge >= 0.3 is 0 Å². The van der Waals surface area contributed by atoms with E-state index in [0.29, 0.717) is 27.1 Å². The van der Waals surface area contributed by atoms with E-state index >= 15 is 0 Å². The number of nitrogens with zero attached hydrogens (tertiary/aromatic N) is 3. The van der Waals surface area contributed by atoms with Crippen LogP contribution in [0.3, 0.4) is 0 Å². The molecule has 0 radical (unpaired) electrons. The molecule has 0 aliphatic carbocycles. The van der Waals surface area contributed by atoms with Crippen LogP contribution in [0.2, 0.25) is 0 Å². The Balaban J connectivity index is 1.41. The van der Waals surface area contributed by atoms with E-state index in [2.05, 4.69) is 26.1 Å². The highest BCUT2D eigenvalue weighted by atomic mass is 79.9. The second kappa shape index (κ2) is 11.3. The van der Waals surface area contributed by atoms with Crippen molar-refractivity contribution in [3.63, 3.8) is 0 Å². The van der Waals surface area contributed by atoms with E-state index in [0.717, 1.165) is 15.8 Å². The molecule has 0 atom stereocenters. The number of phenolic OH excluding ortho intramolecular Hbond substituents is 1. The minimum Gasteiger partial charge on any atom is -0.507 e. The summed E-state index contributed by atoms with van der Waals surface area (Å²) in [5, 5.41) is 18.9. The van der Waals surface area contributed by atoms with Crippen LogP contribution in [0.1, 0.15) is 16.9 Å². The zero-order valence-corrected chi connectivity index (χ0v) is 21.7. The van der Waals surface area contributed by atoms with Crippen LogP contribution >= 0.6 is 27.7 Å². The van der Waals surface area contributed by atoms with Crippen molar-refractivity contribution >= 4 is 51.1 Å². The molecule has 7 nitrogen and oxygen atoms in total. The summed E-state index contributed by atoms with van der Waals surface area (Å²) in [5.74, 6) is 1.88. The molecule has 0 spiro atoms. The Bertz CT molecular complexity index is 1500. The number of thioether (sulfide) groups is 1. The summed E-state index contributed by atoms with van der Waals surface area (Å²) in [7, 11) is 0. The highest BCUT2D eigenvalue weighted by molar-refractivity contribution is 9.10. The van der Waals surface area contributed by atoms with Gasteiger partial charge in [-0.1, -0.05) is 46.3 Å². The first-order valence-electron chi connectivity index (χ1n) is 11.2. The molecule has 4 aromatic rings. The van der Waals surface area contributed by atoms with Gasteiger partial charge in [-0.05, 0) is 78.0 Å². The molecule has 5 rings (SSSR count). The molecule has 3 aromatic carbocycles. The molecule has 1 aliphatic rings. The van der Waals surface area contributed by atoms with Crippen molar-refractivity contribution in [2.75, 3.05) is 0 Å². The van der Waals surface area contributed by atoms with Gasteiger partial charge in [0.1, 0.15) is 23.0 Å². The van der Waals surface area contributed by atoms with Crippen molar-refractivity contribution in [1.29, 1.82) is 0 Å². The lowest BCUT2D eigenvalue weighted by Crippen LogP contribution is -2.28. The number of amides is 1. The van der Waals surface area contributed by atoms with Crippen molar-refractivity contribution in [2.24, 2.45) is 10.2 Å². The summed E-state index contributed by atoms with van der Waals surface area (Å²) in [6.45, 7) is 0.212. The molecule has 1 aliphatic heterocycles. The molecule has 1 fully saturated rings. The van der Waals surface area contributed by atoms with E-state index in [1.165, 1.54) is 22.9 Å². The zero-order chi connectivity index (χ0) is 25.6. The van der Waals surface area contributed by atoms with Crippen molar-refractivity contribution in [3.8, 4) is 17.2 Å². The maximum absolute atomic E-state index is 13.3. The van der Waals surface area contributed by atoms with E-state index in [1.807, 2.05) is 54.6 Å². The van der Waals surface area contributed by atoms with Crippen molar-refractivity contribution in [1.82, 2.24) is 4.90 Å². The second-order valence-electron chi connectivity index (χ2n) is 7.90. The standard InChI is InChI=1S/C28H20BrN3O4S/c29-21-11-12-25(33)20(16-21)17-30-31-28-32(18-24-10-5-13-35-24)27(34)26(37-28)15-19-6-4-9-23(14-19)36-22-7-2-1-3-8-22/h1-17,33H,18H2/b26-15-,30-17+,31-28-. The number of para-hydroxylation sites is 1. The van der Waals surface area contributed by atoms with Crippen molar-refractivity contribution < 1.29 is 19.1 Å². The lowest BCUT2D eigenvalue weighted by Gasteiger charge is -2.12. The van der Waals surface area contributed by atoms with E-state index in [1.54, 1.807) is 42.7 Å². The highest BCUT2D eigenvalue weighted by Crippen LogP contribution is 2.34. The molecule has 184 valence electrons. The molecule has 2 heterocycles. The van der Waals surface area contributed by atoms with Gasteiger partial charge < -0.3 is 14.3 Å². The number of amidine groups is 1.